The highest BCUT2D eigenvalue weighted by atomic mass is 79.9. The Labute approximate surface area is 104 Å². The summed E-state index contributed by atoms with van der Waals surface area (Å²) in [6.07, 6.45) is 2.31. The van der Waals surface area contributed by atoms with E-state index >= 15 is 0 Å². The normalized spacial score (nSPS) is 40.4. The molecule has 2 heterocycles. The summed E-state index contributed by atoms with van der Waals surface area (Å²) < 4.78 is 5.37. The summed E-state index contributed by atoms with van der Waals surface area (Å²) in [5.41, 5.74) is -0.861. The Kier molecular flexibility index (Phi) is 3.56. The second-order valence-electron chi connectivity index (χ2n) is 4.74. The molecule has 2 aliphatic heterocycles. The van der Waals surface area contributed by atoms with E-state index in [1.54, 1.807) is 4.90 Å². The van der Waals surface area contributed by atoms with Gasteiger partial charge in [0.1, 0.15) is 5.60 Å². The number of carbonyl (C=O) groups is 1. The van der Waals surface area contributed by atoms with Crippen molar-refractivity contribution in [2.24, 2.45) is 0 Å². The van der Waals surface area contributed by atoms with E-state index in [1.165, 1.54) is 0 Å². The number of aliphatic hydroxyl groups is 1. The molecule has 92 valence electrons. The summed E-state index contributed by atoms with van der Waals surface area (Å²) in [4.78, 5) is 13.6. The summed E-state index contributed by atoms with van der Waals surface area (Å²) in [7, 11) is 0. The lowest BCUT2D eigenvalue weighted by Crippen LogP contribution is -2.53. The number of hydrogen-bond donors (Lipinski definition) is 1. The van der Waals surface area contributed by atoms with Gasteiger partial charge in [0.15, 0.2) is 0 Å². The smallest absolute Gasteiger partial charge is 0.236 e. The van der Waals surface area contributed by atoms with Crippen molar-refractivity contribution < 1.29 is 14.6 Å². The number of rotatable bonds is 2. The zero-order chi connectivity index (χ0) is 11.8. The molecule has 1 N–H and O–H groups in total. The Hall–Kier alpha value is -0.130. The molecule has 0 bridgehead atoms. The van der Waals surface area contributed by atoms with Gasteiger partial charge in [-0.3, -0.25) is 4.79 Å². The fourth-order valence-electron chi connectivity index (χ4n) is 2.36. The van der Waals surface area contributed by atoms with Crippen LogP contribution in [0.1, 0.15) is 26.2 Å². The standard InChI is InChI=1S/C11H18BrNO3/c1-8-11(15,4-6-16-8)7-13-5-2-3-9(12)10(13)14/h8-9,15H,2-7H2,1H3. The number of amides is 1. The Morgan fingerprint density at radius 1 is 1.69 bits per heavy atom. The van der Waals surface area contributed by atoms with E-state index < -0.39 is 5.60 Å². The van der Waals surface area contributed by atoms with E-state index in [1.807, 2.05) is 6.92 Å². The van der Waals surface area contributed by atoms with E-state index in [0.29, 0.717) is 19.6 Å². The highest BCUT2D eigenvalue weighted by Crippen LogP contribution is 2.28. The van der Waals surface area contributed by atoms with Crippen LogP contribution >= 0.6 is 15.9 Å². The largest absolute Gasteiger partial charge is 0.385 e. The van der Waals surface area contributed by atoms with Crippen LogP contribution in [0.15, 0.2) is 0 Å². The number of β-amino-alcohol motifs (C(OH)–C–C–N with tert-alkyl or cyclic N) is 1. The van der Waals surface area contributed by atoms with Gasteiger partial charge in [0.05, 0.1) is 17.5 Å². The molecule has 2 saturated heterocycles. The Bertz CT molecular complexity index is 286. The molecule has 3 atom stereocenters. The van der Waals surface area contributed by atoms with Crippen LogP contribution in [0.5, 0.6) is 0 Å². The van der Waals surface area contributed by atoms with E-state index in [2.05, 4.69) is 15.9 Å². The van der Waals surface area contributed by atoms with E-state index in [4.69, 9.17) is 4.74 Å². The van der Waals surface area contributed by atoms with Crippen LogP contribution < -0.4 is 0 Å². The number of piperidine rings is 1. The van der Waals surface area contributed by atoms with Gasteiger partial charge in [0, 0.05) is 19.6 Å². The van der Waals surface area contributed by atoms with Crippen LogP contribution in [0.3, 0.4) is 0 Å². The van der Waals surface area contributed by atoms with Crippen molar-refractivity contribution in [3.8, 4) is 0 Å². The zero-order valence-corrected chi connectivity index (χ0v) is 11.1. The average molecular weight is 292 g/mol. The molecule has 0 aromatic carbocycles. The lowest BCUT2D eigenvalue weighted by atomic mass is 9.95. The quantitative estimate of drug-likeness (QED) is 0.770. The molecular formula is C11H18BrNO3. The van der Waals surface area contributed by atoms with Crippen LogP contribution in [0.25, 0.3) is 0 Å². The minimum absolute atomic E-state index is 0.0810. The molecule has 4 nitrogen and oxygen atoms in total. The second kappa shape index (κ2) is 4.63. The topological polar surface area (TPSA) is 49.8 Å². The number of nitrogens with zero attached hydrogens (tertiary/aromatic N) is 1. The number of likely N-dealkylation sites (tertiary alicyclic amines) is 1. The average Bonchev–Trinajstić information content (AvgIpc) is 2.55. The van der Waals surface area contributed by atoms with Crippen LogP contribution in [-0.4, -0.2) is 52.1 Å². The number of ether oxygens (including phenoxy) is 1. The van der Waals surface area contributed by atoms with Crippen molar-refractivity contribution in [1.82, 2.24) is 4.90 Å². The van der Waals surface area contributed by atoms with Gasteiger partial charge in [-0.2, -0.15) is 0 Å². The predicted molar refractivity (Wildman–Crippen MR) is 63.5 cm³/mol. The van der Waals surface area contributed by atoms with Crippen LogP contribution in [0.2, 0.25) is 0 Å². The van der Waals surface area contributed by atoms with Gasteiger partial charge in [-0.1, -0.05) is 15.9 Å². The lowest BCUT2D eigenvalue weighted by molar-refractivity contribution is -0.138. The van der Waals surface area contributed by atoms with Crippen molar-refractivity contribution in [2.75, 3.05) is 19.7 Å². The van der Waals surface area contributed by atoms with Gasteiger partial charge in [-0.05, 0) is 19.8 Å². The summed E-state index contributed by atoms with van der Waals surface area (Å²) in [5, 5.41) is 10.4. The molecule has 3 unspecified atom stereocenters. The molecule has 0 aromatic rings. The minimum Gasteiger partial charge on any atom is -0.385 e. The first-order valence-corrected chi connectivity index (χ1v) is 6.71. The number of hydrogen-bond acceptors (Lipinski definition) is 3. The summed E-state index contributed by atoms with van der Waals surface area (Å²) in [5.74, 6) is 0.0961. The van der Waals surface area contributed by atoms with Gasteiger partial charge >= 0.3 is 0 Å². The maximum absolute atomic E-state index is 11.9. The van der Waals surface area contributed by atoms with Gasteiger partial charge in [-0.25, -0.2) is 0 Å². The van der Waals surface area contributed by atoms with Crippen molar-refractivity contribution in [3.05, 3.63) is 0 Å². The first kappa shape index (κ1) is 12.3. The summed E-state index contributed by atoms with van der Waals surface area (Å²) in [6.45, 7) is 3.59. The molecule has 1 amide bonds. The monoisotopic (exact) mass is 291 g/mol. The fraction of sp³-hybridized carbons (Fsp3) is 0.909. The predicted octanol–water partition coefficient (Wildman–Crippen LogP) is 0.912. The van der Waals surface area contributed by atoms with Crippen molar-refractivity contribution in [1.29, 1.82) is 0 Å². The van der Waals surface area contributed by atoms with Crippen molar-refractivity contribution >= 4 is 21.8 Å². The Morgan fingerprint density at radius 2 is 2.44 bits per heavy atom. The Morgan fingerprint density at radius 3 is 3.06 bits per heavy atom. The van der Waals surface area contributed by atoms with Gasteiger partial charge in [0.25, 0.3) is 0 Å². The van der Waals surface area contributed by atoms with Gasteiger partial charge in [-0.15, -0.1) is 0 Å². The molecule has 0 saturated carbocycles. The summed E-state index contributed by atoms with van der Waals surface area (Å²) in [6, 6.07) is 0. The number of halogens is 1. The first-order valence-electron chi connectivity index (χ1n) is 5.80. The summed E-state index contributed by atoms with van der Waals surface area (Å²) >= 11 is 3.37. The van der Waals surface area contributed by atoms with E-state index in [9.17, 15) is 9.90 Å². The fourth-order valence-corrected chi connectivity index (χ4v) is 2.97. The highest BCUT2D eigenvalue weighted by Gasteiger charge is 2.43. The van der Waals surface area contributed by atoms with E-state index in [0.717, 1.165) is 19.4 Å². The molecule has 0 radical (unpaired) electrons. The molecule has 2 rings (SSSR count). The van der Waals surface area contributed by atoms with Crippen LogP contribution in [0, 0.1) is 0 Å². The molecule has 2 fully saturated rings. The van der Waals surface area contributed by atoms with Crippen molar-refractivity contribution in [3.63, 3.8) is 0 Å². The third-order valence-electron chi connectivity index (χ3n) is 3.59. The van der Waals surface area contributed by atoms with Gasteiger partial charge in [0.2, 0.25) is 5.91 Å². The second-order valence-corrected chi connectivity index (χ2v) is 5.84. The molecular weight excluding hydrogens is 274 g/mol. The molecule has 0 spiro atoms. The Balaban J connectivity index is 2.00. The minimum atomic E-state index is -0.861. The molecule has 2 aliphatic rings. The molecule has 0 aliphatic carbocycles. The molecule has 0 aromatic heterocycles. The third kappa shape index (κ3) is 2.26. The van der Waals surface area contributed by atoms with Gasteiger partial charge < -0.3 is 14.7 Å². The number of alkyl halides is 1. The molecule has 5 heteroatoms. The number of carbonyl (C=O) groups excluding carboxylic acids is 1. The zero-order valence-electron chi connectivity index (χ0n) is 9.49. The van der Waals surface area contributed by atoms with E-state index in [-0.39, 0.29) is 16.8 Å². The van der Waals surface area contributed by atoms with Crippen molar-refractivity contribution in [2.45, 2.75) is 42.7 Å². The van der Waals surface area contributed by atoms with Crippen LogP contribution in [0.4, 0.5) is 0 Å². The molecule has 16 heavy (non-hydrogen) atoms. The third-order valence-corrected chi connectivity index (χ3v) is 4.44. The van der Waals surface area contributed by atoms with Crippen LogP contribution in [-0.2, 0) is 9.53 Å². The maximum Gasteiger partial charge on any atom is 0.236 e. The lowest BCUT2D eigenvalue weighted by Gasteiger charge is -2.36. The highest BCUT2D eigenvalue weighted by molar-refractivity contribution is 9.10. The first-order chi connectivity index (χ1) is 7.53. The SMILES string of the molecule is CC1OCCC1(O)CN1CCCC(Br)C1=O. The maximum atomic E-state index is 11.9.